The van der Waals surface area contributed by atoms with Crippen molar-refractivity contribution in [2.75, 3.05) is 5.01 Å². The van der Waals surface area contributed by atoms with Crippen LogP contribution in [0.5, 0.6) is 0 Å². The maximum atomic E-state index is 12.9. The van der Waals surface area contributed by atoms with Crippen molar-refractivity contribution in [1.29, 1.82) is 5.26 Å². The van der Waals surface area contributed by atoms with Crippen molar-refractivity contribution in [3.05, 3.63) is 38.0 Å². The highest BCUT2D eigenvalue weighted by molar-refractivity contribution is 9.11. The molecule has 0 spiro atoms. The second kappa shape index (κ2) is 7.36. The Kier molecular flexibility index (Phi) is 6.00. The third-order valence-corrected chi connectivity index (χ3v) is 5.16. The van der Waals surface area contributed by atoms with Gasteiger partial charge in [-0.2, -0.15) is 27.2 Å². The minimum absolute atomic E-state index is 0.0511. The number of hydrogen-bond acceptors (Lipinski definition) is 5. The van der Waals surface area contributed by atoms with Crippen LogP contribution in [0, 0.1) is 11.3 Å². The summed E-state index contributed by atoms with van der Waals surface area (Å²) in [6.45, 7) is 0. The van der Waals surface area contributed by atoms with Gasteiger partial charge >= 0.3 is 6.18 Å². The number of hydrogen-bond donors (Lipinski definition) is 1. The van der Waals surface area contributed by atoms with Gasteiger partial charge < -0.3 is 5.73 Å². The summed E-state index contributed by atoms with van der Waals surface area (Å²) < 4.78 is 65.0. The van der Waals surface area contributed by atoms with Gasteiger partial charge in [-0.1, -0.05) is 23.2 Å². The van der Waals surface area contributed by atoms with Gasteiger partial charge in [-0.15, -0.1) is 4.41 Å². The zero-order chi connectivity index (χ0) is 19.1. The number of nitriles is 1. The van der Waals surface area contributed by atoms with Crippen LogP contribution in [-0.4, -0.2) is 16.2 Å². The Morgan fingerprint density at radius 3 is 2.20 bits per heavy atom. The second-order valence-electron chi connectivity index (χ2n) is 4.53. The number of hydrazine groups is 1. The highest BCUT2D eigenvalue weighted by atomic mass is 79.9. The van der Waals surface area contributed by atoms with Gasteiger partial charge in [-0.3, -0.25) is 0 Å². The van der Waals surface area contributed by atoms with E-state index in [0.717, 1.165) is 9.42 Å². The molecule has 2 N–H and O–H groups in total. The smallest absolute Gasteiger partial charge is 0.383 e. The molecule has 2 rings (SSSR count). The molecule has 1 aliphatic heterocycles. The Labute approximate surface area is 161 Å². The molecule has 0 aromatic heterocycles. The first kappa shape index (κ1) is 20.4. The Hall–Kier alpha value is -0.930. The lowest BCUT2D eigenvalue weighted by molar-refractivity contribution is -0.137. The molecule has 0 amide bonds. The van der Waals surface area contributed by atoms with Crippen molar-refractivity contribution < 1.29 is 22.0 Å². The Morgan fingerprint density at radius 1 is 1.28 bits per heavy atom. The van der Waals surface area contributed by atoms with Crippen LogP contribution in [-0.2, 0) is 6.18 Å². The highest BCUT2D eigenvalue weighted by Crippen LogP contribution is 2.47. The van der Waals surface area contributed by atoms with E-state index in [9.17, 15) is 27.2 Å². The molecule has 1 heterocycles. The molecule has 25 heavy (non-hydrogen) atoms. The van der Waals surface area contributed by atoms with Gasteiger partial charge in [0.15, 0.2) is 6.04 Å². The van der Waals surface area contributed by atoms with Gasteiger partial charge in [-0.05, 0) is 28.1 Å². The normalized spacial score (nSPS) is 19.0. The Bertz CT molecular complexity index is 744. The van der Waals surface area contributed by atoms with E-state index in [4.69, 9.17) is 28.9 Å². The fourth-order valence-corrected chi connectivity index (χ4v) is 3.95. The largest absolute Gasteiger partial charge is 0.416 e. The molecule has 0 bridgehead atoms. The van der Waals surface area contributed by atoms with E-state index >= 15 is 0 Å². The molecule has 1 aromatic rings. The number of halogens is 8. The van der Waals surface area contributed by atoms with Crippen LogP contribution in [0.2, 0.25) is 10.0 Å². The minimum Gasteiger partial charge on any atom is -0.383 e. The van der Waals surface area contributed by atoms with E-state index in [1.807, 2.05) is 0 Å². The van der Waals surface area contributed by atoms with Gasteiger partial charge in [-0.25, -0.2) is 5.01 Å². The molecule has 0 fully saturated rings. The SMILES string of the molecule is N#CC1C(Br)=C(N)N(c2c(Cl)cc(C(F)(F)F)cc2Cl)N1SC(F)F. The van der Waals surface area contributed by atoms with Gasteiger partial charge in [0.1, 0.15) is 5.82 Å². The Balaban J connectivity index is 2.60. The molecule has 1 atom stereocenters. The number of anilines is 1. The van der Waals surface area contributed by atoms with Crippen molar-refractivity contribution in [3.8, 4) is 6.07 Å². The van der Waals surface area contributed by atoms with Crippen LogP contribution < -0.4 is 10.7 Å². The average molecular weight is 484 g/mol. The van der Waals surface area contributed by atoms with Crippen molar-refractivity contribution in [1.82, 2.24) is 4.41 Å². The number of nitrogens with two attached hydrogens (primary N) is 1. The first-order valence-electron chi connectivity index (χ1n) is 6.14. The predicted octanol–water partition coefficient (Wildman–Crippen LogP) is 5.33. The molecule has 4 nitrogen and oxygen atoms in total. The zero-order valence-corrected chi connectivity index (χ0v) is 15.6. The molecule has 0 aliphatic carbocycles. The van der Waals surface area contributed by atoms with E-state index in [1.54, 1.807) is 6.07 Å². The fourth-order valence-electron chi connectivity index (χ4n) is 2.01. The number of nitrogens with zero attached hydrogens (tertiary/aromatic N) is 3. The second-order valence-corrected chi connectivity index (χ2v) is 7.14. The quantitative estimate of drug-likeness (QED) is 0.465. The first-order chi connectivity index (χ1) is 11.5. The monoisotopic (exact) mass is 482 g/mol. The lowest BCUT2D eigenvalue weighted by Crippen LogP contribution is -2.39. The summed E-state index contributed by atoms with van der Waals surface area (Å²) in [7, 11) is 0. The fraction of sp³-hybridized carbons (Fsp3) is 0.250. The van der Waals surface area contributed by atoms with E-state index in [-0.39, 0.29) is 27.9 Å². The highest BCUT2D eigenvalue weighted by Gasteiger charge is 2.42. The maximum Gasteiger partial charge on any atom is 0.416 e. The topological polar surface area (TPSA) is 56.3 Å². The summed E-state index contributed by atoms with van der Waals surface area (Å²) in [5.41, 5.74) is 4.45. The molecule has 0 radical (unpaired) electrons. The van der Waals surface area contributed by atoms with Gasteiger partial charge in [0.05, 0.1) is 31.8 Å². The molecular weight excluding hydrogens is 478 g/mol. The summed E-state index contributed by atoms with van der Waals surface area (Å²) in [5.74, 6) is -3.14. The number of benzene rings is 1. The van der Waals surface area contributed by atoms with Gasteiger partial charge in [0, 0.05) is 11.9 Å². The van der Waals surface area contributed by atoms with E-state index < -0.39 is 33.6 Å². The molecule has 0 saturated carbocycles. The number of rotatable bonds is 3. The molecule has 136 valence electrons. The van der Waals surface area contributed by atoms with Crippen LogP contribution in [0.3, 0.4) is 0 Å². The van der Waals surface area contributed by atoms with Gasteiger partial charge in [0.25, 0.3) is 5.76 Å². The molecule has 1 aliphatic rings. The Morgan fingerprint density at radius 2 is 1.80 bits per heavy atom. The standard InChI is InChI=1S/C12H6BrCl2F5N4S/c13-8-7(3-21)24(25-11(16)17)23(10(8)22)9-5(14)1-4(2-6(9)15)12(18,19)20/h1-2,7,11H,22H2. The predicted molar refractivity (Wildman–Crippen MR) is 88.9 cm³/mol. The third kappa shape index (κ3) is 3.93. The van der Waals surface area contributed by atoms with Crippen LogP contribution in [0.4, 0.5) is 27.6 Å². The molecule has 0 saturated heterocycles. The third-order valence-electron chi connectivity index (χ3n) is 3.00. The van der Waals surface area contributed by atoms with Crippen molar-refractivity contribution in [2.24, 2.45) is 5.73 Å². The summed E-state index contributed by atoms with van der Waals surface area (Å²) in [4.78, 5) is 0. The first-order valence-corrected chi connectivity index (χ1v) is 8.52. The summed E-state index contributed by atoms with van der Waals surface area (Å²) in [6.07, 6.45) is -4.70. The van der Waals surface area contributed by atoms with Gasteiger partial charge in [0.2, 0.25) is 0 Å². The lowest BCUT2D eigenvalue weighted by Gasteiger charge is -2.32. The van der Waals surface area contributed by atoms with Crippen LogP contribution >= 0.6 is 51.1 Å². The summed E-state index contributed by atoms with van der Waals surface area (Å²) in [5, 5.41) is 9.11. The summed E-state index contributed by atoms with van der Waals surface area (Å²) >= 11 is 14.8. The zero-order valence-electron chi connectivity index (χ0n) is 11.7. The summed E-state index contributed by atoms with van der Waals surface area (Å²) in [6, 6.07) is 1.70. The molecular formula is C12H6BrCl2F5N4S. The molecule has 13 heteroatoms. The van der Waals surface area contributed by atoms with Crippen LogP contribution in [0.15, 0.2) is 22.4 Å². The maximum absolute atomic E-state index is 12.9. The van der Waals surface area contributed by atoms with Crippen LogP contribution in [0.1, 0.15) is 5.56 Å². The molecule has 1 unspecified atom stereocenters. The number of alkyl halides is 5. The van der Waals surface area contributed by atoms with E-state index in [2.05, 4.69) is 15.9 Å². The van der Waals surface area contributed by atoms with E-state index in [0.29, 0.717) is 12.1 Å². The molecule has 1 aromatic carbocycles. The van der Waals surface area contributed by atoms with Crippen molar-refractivity contribution in [3.63, 3.8) is 0 Å². The van der Waals surface area contributed by atoms with Crippen LogP contribution in [0.25, 0.3) is 0 Å². The lowest BCUT2D eigenvalue weighted by atomic mass is 10.2. The van der Waals surface area contributed by atoms with E-state index in [1.165, 1.54) is 0 Å². The van der Waals surface area contributed by atoms with Crippen molar-refractivity contribution in [2.45, 2.75) is 18.0 Å². The average Bonchev–Trinajstić information content (AvgIpc) is 2.69. The minimum atomic E-state index is -4.70. The van der Waals surface area contributed by atoms with Crippen molar-refractivity contribution >= 4 is 56.8 Å².